The lowest BCUT2D eigenvalue weighted by atomic mass is 10.2. The second kappa shape index (κ2) is 6.86. The van der Waals surface area contributed by atoms with Crippen LogP contribution in [0.4, 0.5) is 0 Å². The van der Waals surface area contributed by atoms with E-state index in [1.165, 1.54) is 4.88 Å². The van der Waals surface area contributed by atoms with Crippen molar-refractivity contribution in [2.24, 2.45) is 5.10 Å². The Labute approximate surface area is 122 Å². The van der Waals surface area contributed by atoms with Gasteiger partial charge in [0.15, 0.2) is 0 Å². The summed E-state index contributed by atoms with van der Waals surface area (Å²) in [6.45, 7) is 2.11. The number of nitrogens with zero attached hydrogens (tertiary/aromatic N) is 1. The van der Waals surface area contributed by atoms with Crippen LogP contribution in [0.3, 0.4) is 0 Å². The Bertz CT molecular complexity index is 603. The van der Waals surface area contributed by atoms with Crippen molar-refractivity contribution in [2.75, 3.05) is 7.11 Å². The minimum atomic E-state index is -0.240. The summed E-state index contributed by atoms with van der Waals surface area (Å²) in [7, 11) is 1.59. The molecular formula is C15H16N2O2S. The number of benzene rings is 1. The second-order valence-corrected chi connectivity index (χ2v) is 5.29. The molecule has 5 heteroatoms. The van der Waals surface area contributed by atoms with Gasteiger partial charge in [-0.25, -0.2) is 5.43 Å². The summed E-state index contributed by atoms with van der Waals surface area (Å²) in [5.41, 5.74) is 3.05. The van der Waals surface area contributed by atoms with E-state index in [2.05, 4.69) is 23.5 Å². The molecule has 2 aromatic rings. The van der Waals surface area contributed by atoms with E-state index in [0.29, 0.717) is 5.56 Å². The molecule has 0 aliphatic carbocycles. The molecule has 0 bridgehead atoms. The highest BCUT2D eigenvalue weighted by molar-refractivity contribution is 7.13. The van der Waals surface area contributed by atoms with Gasteiger partial charge in [-0.05, 0) is 42.8 Å². The predicted octanol–water partition coefficient (Wildman–Crippen LogP) is 3.08. The highest BCUT2D eigenvalue weighted by Gasteiger charge is 2.03. The summed E-state index contributed by atoms with van der Waals surface area (Å²) in [5.74, 6) is 0.479. The van der Waals surface area contributed by atoms with Crippen molar-refractivity contribution in [3.63, 3.8) is 0 Å². The van der Waals surface area contributed by atoms with Crippen LogP contribution in [0, 0.1) is 0 Å². The molecule has 0 aliphatic rings. The average Bonchev–Trinajstić information content (AvgIpc) is 2.95. The summed E-state index contributed by atoms with van der Waals surface area (Å²) in [6.07, 6.45) is 2.67. The van der Waals surface area contributed by atoms with Crippen molar-refractivity contribution < 1.29 is 9.53 Å². The van der Waals surface area contributed by atoms with Crippen LogP contribution in [0.2, 0.25) is 0 Å². The molecule has 1 aromatic heterocycles. The van der Waals surface area contributed by atoms with Crippen molar-refractivity contribution in [1.29, 1.82) is 0 Å². The fraction of sp³-hybridized carbons (Fsp3) is 0.200. The molecule has 0 saturated carbocycles. The zero-order valence-corrected chi connectivity index (χ0v) is 12.2. The number of hydrogen-bond acceptors (Lipinski definition) is 4. The molecule has 0 atom stereocenters. The van der Waals surface area contributed by atoms with E-state index >= 15 is 0 Å². The molecule has 1 heterocycles. The van der Waals surface area contributed by atoms with Crippen LogP contribution < -0.4 is 10.2 Å². The quantitative estimate of drug-likeness (QED) is 0.679. The molecule has 104 valence electrons. The zero-order valence-electron chi connectivity index (χ0n) is 11.4. The number of carbonyl (C=O) groups excluding carboxylic acids is 1. The molecule has 0 radical (unpaired) electrons. The van der Waals surface area contributed by atoms with E-state index in [9.17, 15) is 4.79 Å². The van der Waals surface area contributed by atoms with Crippen molar-refractivity contribution in [1.82, 2.24) is 5.43 Å². The predicted molar refractivity (Wildman–Crippen MR) is 81.8 cm³/mol. The Balaban J connectivity index is 1.93. The highest BCUT2D eigenvalue weighted by atomic mass is 32.1. The normalized spacial score (nSPS) is 10.7. The molecule has 0 unspecified atom stereocenters. The molecule has 4 nitrogen and oxygen atoms in total. The van der Waals surface area contributed by atoms with Gasteiger partial charge in [-0.2, -0.15) is 5.10 Å². The van der Waals surface area contributed by atoms with Crippen LogP contribution >= 0.6 is 11.3 Å². The fourth-order valence-electron chi connectivity index (χ4n) is 1.62. The van der Waals surface area contributed by atoms with Crippen molar-refractivity contribution in [3.8, 4) is 5.75 Å². The maximum absolute atomic E-state index is 11.8. The second-order valence-electron chi connectivity index (χ2n) is 4.09. The number of methoxy groups -OCH3 is 1. The molecule has 1 amide bonds. The van der Waals surface area contributed by atoms with Crippen molar-refractivity contribution in [2.45, 2.75) is 13.3 Å². The first-order valence-corrected chi connectivity index (χ1v) is 7.10. The number of amides is 1. The number of nitrogens with one attached hydrogen (secondary N) is 1. The topological polar surface area (TPSA) is 50.7 Å². The smallest absolute Gasteiger partial charge is 0.271 e. The minimum absolute atomic E-state index is 0.240. The summed E-state index contributed by atoms with van der Waals surface area (Å²) in [5, 5.41) is 3.96. The first-order chi connectivity index (χ1) is 9.72. The first-order valence-electron chi connectivity index (χ1n) is 6.29. The summed E-state index contributed by atoms with van der Waals surface area (Å²) in [4.78, 5) is 14.2. The Kier molecular flexibility index (Phi) is 4.90. The number of ether oxygens (including phenoxy) is 1. The molecule has 0 fully saturated rings. The van der Waals surface area contributed by atoms with E-state index in [0.717, 1.165) is 17.0 Å². The van der Waals surface area contributed by atoms with Gasteiger partial charge in [-0.15, -0.1) is 11.3 Å². The average molecular weight is 288 g/mol. The van der Waals surface area contributed by atoms with E-state index in [1.54, 1.807) is 48.9 Å². The SMILES string of the molecule is CCc1ccc(C=NNC(=O)c2ccc(OC)cc2)s1. The molecule has 1 aromatic carbocycles. The molecule has 0 aliphatic heterocycles. The third-order valence-electron chi connectivity index (χ3n) is 2.74. The highest BCUT2D eigenvalue weighted by Crippen LogP contribution is 2.14. The van der Waals surface area contributed by atoms with Gasteiger partial charge < -0.3 is 4.74 Å². The maximum atomic E-state index is 11.8. The van der Waals surface area contributed by atoms with Crippen molar-refractivity contribution in [3.05, 3.63) is 51.7 Å². The standard InChI is InChI=1S/C15H16N2O2S/c1-3-13-8-9-14(20-13)10-16-17-15(18)11-4-6-12(19-2)7-5-11/h4-10H,3H2,1-2H3,(H,17,18). The fourth-order valence-corrected chi connectivity index (χ4v) is 2.44. The molecular weight excluding hydrogens is 272 g/mol. The Morgan fingerprint density at radius 2 is 2.05 bits per heavy atom. The molecule has 0 saturated heterocycles. The van der Waals surface area contributed by atoms with E-state index in [1.807, 2.05) is 6.07 Å². The zero-order chi connectivity index (χ0) is 14.4. The van der Waals surface area contributed by atoms with Gasteiger partial charge in [0.1, 0.15) is 5.75 Å². The number of thiophene rings is 1. The minimum Gasteiger partial charge on any atom is -0.497 e. The summed E-state index contributed by atoms with van der Waals surface area (Å²) in [6, 6.07) is 10.9. The molecule has 1 N–H and O–H groups in total. The van der Waals surface area contributed by atoms with Crippen LogP contribution in [-0.2, 0) is 6.42 Å². The largest absolute Gasteiger partial charge is 0.497 e. The maximum Gasteiger partial charge on any atom is 0.271 e. The van der Waals surface area contributed by atoms with Gasteiger partial charge in [0, 0.05) is 15.3 Å². The number of rotatable bonds is 5. The van der Waals surface area contributed by atoms with Gasteiger partial charge in [-0.3, -0.25) is 4.79 Å². The lowest BCUT2D eigenvalue weighted by molar-refractivity contribution is 0.0955. The van der Waals surface area contributed by atoms with Gasteiger partial charge in [0.25, 0.3) is 5.91 Å². The molecule has 2 rings (SSSR count). The van der Waals surface area contributed by atoms with E-state index in [4.69, 9.17) is 4.74 Å². The summed E-state index contributed by atoms with van der Waals surface area (Å²) < 4.78 is 5.04. The lowest BCUT2D eigenvalue weighted by Crippen LogP contribution is -2.17. The number of hydrogen-bond donors (Lipinski definition) is 1. The Morgan fingerprint density at radius 1 is 1.30 bits per heavy atom. The third-order valence-corrected chi connectivity index (χ3v) is 3.91. The van der Waals surface area contributed by atoms with E-state index < -0.39 is 0 Å². The van der Waals surface area contributed by atoms with Crippen LogP contribution in [0.15, 0.2) is 41.5 Å². The number of carbonyl (C=O) groups is 1. The van der Waals surface area contributed by atoms with Crippen LogP contribution in [0.25, 0.3) is 0 Å². The summed E-state index contributed by atoms with van der Waals surface area (Å²) >= 11 is 1.67. The molecule has 0 spiro atoms. The van der Waals surface area contributed by atoms with Gasteiger partial charge in [-0.1, -0.05) is 6.92 Å². The van der Waals surface area contributed by atoms with Gasteiger partial charge in [0.2, 0.25) is 0 Å². The Morgan fingerprint density at radius 3 is 2.65 bits per heavy atom. The Hall–Kier alpha value is -2.14. The first kappa shape index (κ1) is 14.3. The molecule has 20 heavy (non-hydrogen) atoms. The van der Waals surface area contributed by atoms with Crippen molar-refractivity contribution >= 4 is 23.5 Å². The van der Waals surface area contributed by atoms with E-state index in [-0.39, 0.29) is 5.91 Å². The van der Waals surface area contributed by atoms with Gasteiger partial charge >= 0.3 is 0 Å². The van der Waals surface area contributed by atoms with Gasteiger partial charge in [0.05, 0.1) is 13.3 Å². The van der Waals surface area contributed by atoms with Crippen LogP contribution in [0.5, 0.6) is 5.75 Å². The monoisotopic (exact) mass is 288 g/mol. The van der Waals surface area contributed by atoms with Crippen LogP contribution in [-0.4, -0.2) is 19.2 Å². The number of hydrazone groups is 1. The number of aryl methyl sites for hydroxylation is 1. The lowest BCUT2D eigenvalue weighted by Gasteiger charge is -2.01. The van der Waals surface area contributed by atoms with Crippen LogP contribution in [0.1, 0.15) is 27.0 Å². The third kappa shape index (κ3) is 3.68.